The molecule has 19 heavy (non-hydrogen) atoms. The normalized spacial score (nSPS) is 16.1. The lowest BCUT2D eigenvalue weighted by Gasteiger charge is -2.18. The lowest BCUT2D eigenvalue weighted by molar-refractivity contribution is 0.100. The van der Waals surface area contributed by atoms with Crippen molar-refractivity contribution in [2.24, 2.45) is 0 Å². The van der Waals surface area contributed by atoms with Gasteiger partial charge in [-0.15, -0.1) is 0 Å². The van der Waals surface area contributed by atoms with Gasteiger partial charge >= 0.3 is 0 Å². The molecule has 0 bridgehead atoms. The molecule has 0 saturated carbocycles. The van der Waals surface area contributed by atoms with E-state index in [-0.39, 0.29) is 12.4 Å². The first kappa shape index (κ1) is 12.1. The number of rotatable bonds is 1. The van der Waals surface area contributed by atoms with Crippen molar-refractivity contribution in [1.29, 1.82) is 0 Å². The summed E-state index contributed by atoms with van der Waals surface area (Å²) in [6.07, 6.45) is 3.47. The molecule has 0 fully saturated rings. The van der Waals surface area contributed by atoms with E-state index in [9.17, 15) is 4.79 Å². The summed E-state index contributed by atoms with van der Waals surface area (Å²) in [6, 6.07) is 11.0. The summed E-state index contributed by atoms with van der Waals surface area (Å²) in [5.74, 6) is 0.622. The van der Waals surface area contributed by atoms with Crippen LogP contribution in [0.3, 0.4) is 0 Å². The number of ether oxygens (including phenoxy) is 1. The van der Waals surface area contributed by atoms with Crippen LogP contribution in [0.15, 0.2) is 52.6 Å². The largest absolute Gasteiger partial charge is 0.488 e. The summed E-state index contributed by atoms with van der Waals surface area (Å²) >= 11 is 3.36. The third-order valence-corrected chi connectivity index (χ3v) is 3.37. The summed E-state index contributed by atoms with van der Waals surface area (Å²) in [4.78, 5) is 16.5. The molecule has 0 radical (unpaired) electrons. The maximum atomic E-state index is 12.3. The fourth-order valence-electron chi connectivity index (χ4n) is 1.94. The van der Waals surface area contributed by atoms with E-state index in [0.29, 0.717) is 16.9 Å². The number of pyridine rings is 1. The van der Waals surface area contributed by atoms with Crippen LogP contribution in [0.5, 0.6) is 5.75 Å². The van der Waals surface area contributed by atoms with Gasteiger partial charge in [-0.3, -0.25) is 9.78 Å². The average Bonchev–Trinajstić information content (AvgIpc) is 2.43. The molecule has 1 aliphatic heterocycles. The molecule has 0 atom stereocenters. The van der Waals surface area contributed by atoms with Crippen LogP contribution < -0.4 is 4.74 Å². The van der Waals surface area contributed by atoms with Crippen LogP contribution in [0, 0.1) is 0 Å². The van der Waals surface area contributed by atoms with Crippen LogP contribution in [-0.4, -0.2) is 17.4 Å². The van der Waals surface area contributed by atoms with Crippen molar-refractivity contribution >= 4 is 27.8 Å². The third-order valence-electron chi connectivity index (χ3n) is 2.87. The molecule has 2 aromatic rings. The Bertz CT molecular complexity index is 665. The van der Waals surface area contributed by atoms with Crippen molar-refractivity contribution in [3.63, 3.8) is 0 Å². The number of hydrogen-bond acceptors (Lipinski definition) is 3. The Kier molecular flexibility index (Phi) is 3.17. The first-order chi connectivity index (χ1) is 9.24. The number of nitrogens with zero attached hydrogens (tertiary/aromatic N) is 1. The molecule has 0 aliphatic carbocycles. The van der Waals surface area contributed by atoms with Gasteiger partial charge in [-0.05, 0) is 36.4 Å². The Labute approximate surface area is 119 Å². The van der Waals surface area contributed by atoms with Crippen LogP contribution in [0.2, 0.25) is 0 Å². The fourth-order valence-corrected chi connectivity index (χ4v) is 2.28. The Morgan fingerprint density at radius 3 is 2.95 bits per heavy atom. The predicted octanol–water partition coefficient (Wildman–Crippen LogP) is 3.50. The Morgan fingerprint density at radius 2 is 2.16 bits per heavy atom. The minimum Gasteiger partial charge on any atom is -0.488 e. The lowest BCUT2D eigenvalue weighted by Crippen LogP contribution is -2.19. The molecule has 4 heteroatoms. The number of ketones is 1. The second-order valence-electron chi connectivity index (χ2n) is 4.18. The van der Waals surface area contributed by atoms with Gasteiger partial charge in [0.05, 0.1) is 11.3 Å². The third kappa shape index (κ3) is 2.44. The van der Waals surface area contributed by atoms with E-state index in [1.165, 1.54) is 0 Å². The summed E-state index contributed by atoms with van der Waals surface area (Å²) in [5, 5.41) is 0. The van der Waals surface area contributed by atoms with Crippen LogP contribution in [-0.2, 0) is 0 Å². The van der Waals surface area contributed by atoms with E-state index in [4.69, 9.17) is 4.74 Å². The smallest absolute Gasteiger partial charge is 0.196 e. The number of carbonyl (C=O) groups excluding carboxylic acids is 1. The van der Waals surface area contributed by atoms with Gasteiger partial charge in [-0.2, -0.15) is 0 Å². The zero-order valence-corrected chi connectivity index (χ0v) is 11.6. The van der Waals surface area contributed by atoms with E-state index < -0.39 is 0 Å². The lowest BCUT2D eigenvalue weighted by atomic mass is 9.99. The van der Waals surface area contributed by atoms with E-state index in [1.54, 1.807) is 18.3 Å². The van der Waals surface area contributed by atoms with E-state index in [0.717, 1.165) is 10.2 Å². The maximum absolute atomic E-state index is 12.3. The van der Waals surface area contributed by atoms with Crippen molar-refractivity contribution in [1.82, 2.24) is 4.98 Å². The van der Waals surface area contributed by atoms with Crippen LogP contribution in [0.4, 0.5) is 0 Å². The minimum absolute atomic E-state index is 0.000553. The van der Waals surface area contributed by atoms with Crippen LogP contribution >= 0.6 is 15.9 Å². The Morgan fingerprint density at radius 1 is 1.26 bits per heavy atom. The van der Waals surface area contributed by atoms with Gasteiger partial charge in [0.15, 0.2) is 5.78 Å². The first-order valence-corrected chi connectivity index (χ1v) is 6.62. The number of Topliss-reactive ketones (excluding diaryl/α,β-unsaturated/α-hetero) is 1. The SMILES string of the molecule is O=C1C(=Cc2ccccn2)COc2cc(Br)ccc21. The molecular weight excluding hydrogens is 306 g/mol. The molecule has 1 aliphatic rings. The van der Waals surface area contributed by atoms with E-state index >= 15 is 0 Å². The standard InChI is InChI=1S/C15H10BrNO2/c16-11-4-5-13-14(8-11)19-9-10(15(13)18)7-12-3-1-2-6-17-12/h1-8H,9H2. The topological polar surface area (TPSA) is 39.2 Å². The molecule has 0 saturated heterocycles. The van der Waals surface area contributed by atoms with Crippen LogP contribution in [0.25, 0.3) is 6.08 Å². The van der Waals surface area contributed by atoms with Crippen molar-refractivity contribution in [3.05, 3.63) is 63.9 Å². The highest BCUT2D eigenvalue weighted by atomic mass is 79.9. The summed E-state index contributed by atoms with van der Waals surface area (Å²) in [6.45, 7) is 0.277. The number of hydrogen-bond donors (Lipinski definition) is 0. The molecule has 94 valence electrons. The monoisotopic (exact) mass is 315 g/mol. The zero-order valence-electron chi connectivity index (χ0n) is 9.97. The molecule has 3 nitrogen and oxygen atoms in total. The highest BCUT2D eigenvalue weighted by molar-refractivity contribution is 9.10. The van der Waals surface area contributed by atoms with Crippen molar-refractivity contribution in [2.45, 2.75) is 0 Å². The van der Waals surface area contributed by atoms with E-state index in [2.05, 4.69) is 20.9 Å². The molecule has 0 unspecified atom stereocenters. The summed E-state index contributed by atoms with van der Waals surface area (Å²) in [5.41, 5.74) is 1.97. The Hall–Kier alpha value is -1.94. The van der Waals surface area contributed by atoms with Gasteiger partial charge in [0.1, 0.15) is 12.4 Å². The average molecular weight is 316 g/mol. The minimum atomic E-state index is -0.000553. The van der Waals surface area contributed by atoms with Gasteiger partial charge < -0.3 is 4.74 Å². The van der Waals surface area contributed by atoms with Crippen molar-refractivity contribution in [2.75, 3.05) is 6.61 Å². The quantitative estimate of drug-likeness (QED) is 0.756. The second kappa shape index (κ2) is 4.97. The van der Waals surface area contributed by atoms with Gasteiger partial charge in [0.2, 0.25) is 0 Å². The van der Waals surface area contributed by atoms with E-state index in [1.807, 2.05) is 30.3 Å². The highest BCUT2D eigenvalue weighted by Crippen LogP contribution is 2.30. The fraction of sp³-hybridized carbons (Fsp3) is 0.0667. The number of carbonyl (C=O) groups is 1. The van der Waals surface area contributed by atoms with Crippen LogP contribution in [0.1, 0.15) is 16.1 Å². The molecule has 1 aromatic carbocycles. The second-order valence-corrected chi connectivity index (χ2v) is 5.10. The number of benzene rings is 1. The van der Waals surface area contributed by atoms with Crippen molar-refractivity contribution < 1.29 is 9.53 Å². The molecule has 1 aromatic heterocycles. The molecule has 0 amide bonds. The Balaban J connectivity index is 1.98. The molecule has 0 N–H and O–H groups in total. The number of halogens is 1. The maximum Gasteiger partial charge on any atom is 0.196 e. The highest BCUT2D eigenvalue weighted by Gasteiger charge is 2.23. The number of aromatic nitrogens is 1. The predicted molar refractivity (Wildman–Crippen MR) is 76.2 cm³/mol. The van der Waals surface area contributed by atoms with Gasteiger partial charge in [-0.1, -0.05) is 22.0 Å². The molecule has 0 spiro atoms. The van der Waals surface area contributed by atoms with Gasteiger partial charge in [-0.25, -0.2) is 0 Å². The first-order valence-electron chi connectivity index (χ1n) is 5.83. The summed E-state index contributed by atoms with van der Waals surface area (Å²) in [7, 11) is 0. The zero-order chi connectivity index (χ0) is 13.2. The molecule has 2 heterocycles. The summed E-state index contributed by atoms with van der Waals surface area (Å²) < 4.78 is 6.51. The number of fused-ring (bicyclic) bond motifs is 1. The van der Waals surface area contributed by atoms with Crippen molar-refractivity contribution in [3.8, 4) is 5.75 Å². The van der Waals surface area contributed by atoms with Gasteiger partial charge in [0.25, 0.3) is 0 Å². The molecule has 3 rings (SSSR count). The molecular formula is C15H10BrNO2. The van der Waals surface area contributed by atoms with Gasteiger partial charge in [0, 0.05) is 16.2 Å².